The van der Waals surface area contributed by atoms with Crippen molar-refractivity contribution in [3.8, 4) is 0 Å². The van der Waals surface area contributed by atoms with Crippen LogP contribution in [0.3, 0.4) is 0 Å². The molecular weight excluding hydrogens is 350 g/mol. The maximum absolute atomic E-state index is 12.1. The summed E-state index contributed by atoms with van der Waals surface area (Å²) in [4.78, 5) is 25.3. The number of nitro groups is 1. The molecule has 0 atom stereocenters. The third-order valence-electron chi connectivity index (χ3n) is 5.01. The average molecular weight is 375 g/mol. The molecule has 1 fully saturated rings. The lowest BCUT2D eigenvalue weighted by atomic mass is 9.96. The van der Waals surface area contributed by atoms with Crippen molar-refractivity contribution >= 4 is 17.4 Å². The van der Waals surface area contributed by atoms with E-state index in [2.05, 4.69) is 15.5 Å². The zero-order valence-corrected chi connectivity index (χ0v) is 15.9. The van der Waals surface area contributed by atoms with Gasteiger partial charge in [0.05, 0.1) is 16.7 Å². The quantitative estimate of drug-likeness (QED) is 0.601. The van der Waals surface area contributed by atoms with Crippen LogP contribution in [0.5, 0.6) is 0 Å². The monoisotopic (exact) mass is 375 g/mol. The smallest absolute Gasteiger partial charge is 0.334 e. The van der Waals surface area contributed by atoms with Crippen molar-refractivity contribution in [1.82, 2.24) is 24.9 Å². The van der Waals surface area contributed by atoms with E-state index in [-0.39, 0.29) is 16.5 Å². The van der Waals surface area contributed by atoms with E-state index in [0.29, 0.717) is 49.0 Å². The Morgan fingerprint density at radius 1 is 1.37 bits per heavy atom. The van der Waals surface area contributed by atoms with Crippen LogP contribution in [0.25, 0.3) is 0 Å². The van der Waals surface area contributed by atoms with Gasteiger partial charge in [-0.25, -0.2) is 4.68 Å². The highest BCUT2D eigenvalue weighted by Crippen LogP contribution is 2.34. The summed E-state index contributed by atoms with van der Waals surface area (Å²) in [5.74, 6) is 0.801. The minimum Gasteiger partial charge on any atom is -0.352 e. The maximum Gasteiger partial charge on any atom is 0.334 e. The van der Waals surface area contributed by atoms with Crippen LogP contribution < -0.4 is 10.2 Å². The van der Waals surface area contributed by atoms with E-state index in [4.69, 9.17) is 0 Å². The van der Waals surface area contributed by atoms with Gasteiger partial charge in [-0.15, -0.1) is 0 Å². The van der Waals surface area contributed by atoms with Crippen molar-refractivity contribution in [2.45, 2.75) is 26.2 Å². The Labute approximate surface area is 157 Å². The van der Waals surface area contributed by atoms with Crippen LogP contribution in [-0.4, -0.2) is 50.0 Å². The highest BCUT2D eigenvalue weighted by atomic mass is 16.6. The maximum atomic E-state index is 12.1. The first-order valence-electron chi connectivity index (χ1n) is 9.12. The molecule has 1 N–H and O–H groups in total. The normalized spacial score (nSPS) is 15.1. The summed E-state index contributed by atoms with van der Waals surface area (Å²) in [7, 11) is 3.52. The Morgan fingerprint density at radius 2 is 2.07 bits per heavy atom. The third-order valence-corrected chi connectivity index (χ3v) is 5.01. The van der Waals surface area contributed by atoms with Gasteiger partial charge < -0.3 is 10.2 Å². The molecule has 2 aromatic rings. The van der Waals surface area contributed by atoms with E-state index < -0.39 is 0 Å². The van der Waals surface area contributed by atoms with Crippen LogP contribution >= 0.6 is 0 Å². The number of aromatic nitrogens is 4. The molecule has 0 spiro atoms. The predicted molar refractivity (Wildman–Crippen MR) is 99.7 cm³/mol. The van der Waals surface area contributed by atoms with Crippen molar-refractivity contribution in [2.75, 3.05) is 24.5 Å². The number of carbonyl (C=O) groups is 1. The summed E-state index contributed by atoms with van der Waals surface area (Å²) in [6, 6.07) is 0. The number of aryl methyl sites for hydroxylation is 3. The SMILES string of the molecule is CCc1nn(C)c(N2CCC(CNC(=O)c3cnn(C)c3)CC2)c1[N+](=O)[O-]. The Kier molecular flexibility index (Phi) is 5.43. The van der Waals surface area contributed by atoms with E-state index in [9.17, 15) is 14.9 Å². The lowest BCUT2D eigenvalue weighted by Gasteiger charge is -2.32. The molecule has 0 bridgehead atoms. The molecule has 0 unspecified atom stereocenters. The molecule has 0 saturated carbocycles. The Hall–Kier alpha value is -2.91. The third kappa shape index (κ3) is 3.93. The fraction of sp³-hybridized carbons (Fsp3) is 0.588. The van der Waals surface area contributed by atoms with E-state index >= 15 is 0 Å². The number of hydrogen-bond donors (Lipinski definition) is 1. The summed E-state index contributed by atoms with van der Waals surface area (Å²) in [5, 5.41) is 22.8. The molecule has 10 heteroatoms. The average Bonchev–Trinajstić information content (AvgIpc) is 3.23. The highest BCUT2D eigenvalue weighted by Gasteiger charge is 2.31. The molecule has 10 nitrogen and oxygen atoms in total. The molecule has 3 rings (SSSR count). The Morgan fingerprint density at radius 3 is 2.63 bits per heavy atom. The van der Waals surface area contributed by atoms with Crippen LogP contribution in [0.4, 0.5) is 11.5 Å². The van der Waals surface area contributed by atoms with Gasteiger partial charge in [-0.3, -0.25) is 19.6 Å². The lowest BCUT2D eigenvalue weighted by molar-refractivity contribution is -0.384. The Balaban J connectivity index is 1.59. The van der Waals surface area contributed by atoms with Gasteiger partial charge in [0.25, 0.3) is 5.91 Å². The number of carbonyl (C=O) groups excluding carboxylic acids is 1. The molecule has 1 amide bonds. The Bertz CT molecular complexity index is 834. The van der Waals surface area contributed by atoms with Gasteiger partial charge in [0.15, 0.2) is 0 Å². The molecule has 1 saturated heterocycles. The van der Waals surface area contributed by atoms with Crippen LogP contribution in [-0.2, 0) is 20.5 Å². The van der Waals surface area contributed by atoms with Gasteiger partial charge in [0.1, 0.15) is 5.69 Å². The van der Waals surface area contributed by atoms with Crippen molar-refractivity contribution in [1.29, 1.82) is 0 Å². The van der Waals surface area contributed by atoms with Gasteiger partial charge in [0, 0.05) is 39.9 Å². The van der Waals surface area contributed by atoms with E-state index in [1.54, 1.807) is 35.9 Å². The van der Waals surface area contributed by atoms with Gasteiger partial charge in [-0.05, 0) is 25.2 Å². The van der Waals surface area contributed by atoms with Crippen molar-refractivity contribution < 1.29 is 9.72 Å². The molecule has 27 heavy (non-hydrogen) atoms. The van der Waals surface area contributed by atoms with Crippen LogP contribution in [0.1, 0.15) is 35.8 Å². The highest BCUT2D eigenvalue weighted by molar-refractivity contribution is 5.93. The summed E-state index contributed by atoms with van der Waals surface area (Å²) in [5.41, 5.74) is 1.18. The van der Waals surface area contributed by atoms with Crippen LogP contribution in [0.2, 0.25) is 0 Å². The fourth-order valence-electron chi connectivity index (χ4n) is 3.56. The van der Waals surface area contributed by atoms with Crippen LogP contribution in [0, 0.1) is 16.0 Å². The first-order valence-corrected chi connectivity index (χ1v) is 9.12. The number of nitrogens with zero attached hydrogens (tertiary/aromatic N) is 6. The second-order valence-corrected chi connectivity index (χ2v) is 6.90. The summed E-state index contributed by atoms with van der Waals surface area (Å²) < 4.78 is 3.21. The van der Waals surface area contributed by atoms with Crippen molar-refractivity contribution in [3.63, 3.8) is 0 Å². The minimum absolute atomic E-state index is 0.114. The second-order valence-electron chi connectivity index (χ2n) is 6.90. The molecule has 0 radical (unpaired) electrons. The standard InChI is InChI=1S/C17H25N7O3/c1-4-14-15(24(26)27)17(22(3)20-14)23-7-5-12(6-8-23)9-18-16(25)13-10-19-21(2)11-13/h10-12H,4-9H2,1-3H3,(H,18,25). The summed E-state index contributed by atoms with van der Waals surface area (Å²) >= 11 is 0. The van der Waals surface area contributed by atoms with Gasteiger partial charge >= 0.3 is 5.69 Å². The second kappa shape index (κ2) is 7.77. The predicted octanol–water partition coefficient (Wildman–Crippen LogP) is 1.27. The molecule has 1 aliphatic heterocycles. The van der Waals surface area contributed by atoms with Crippen molar-refractivity contribution in [2.24, 2.45) is 20.0 Å². The zero-order valence-electron chi connectivity index (χ0n) is 15.9. The molecule has 3 heterocycles. The molecule has 2 aromatic heterocycles. The van der Waals surface area contributed by atoms with Gasteiger partial charge in [0.2, 0.25) is 5.82 Å². The first-order chi connectivity index (χ1) is 12.9. The molecule has 146 valence electrons. The van der Waals surface area contributed by atoms with Crippen molar-refractivity contribution in [3.05, 3.63) is 33.8 Å². The number of hydrogen-bond acceptors (Lipinski definition) is 6. The topological polar surface area (TPSA) is 111 Å². The molecule has 0 aromatic carbocycles. The van der Waals surface area contributed by atoms with E-state index in [1.165, 1.54) is 0 Å². The number of rotatable bonds is 6. The number of anilines is 1. The number of amides is 1. The number of nitrogens with one attached hydrogen (secondary N) is 1. The van der Waals surface area contributed by atoms with Gasteiger partial charge in [-0.1, -0.05) is 6.92 Å². The molecule has 0 aliphatic carbocycles. The largest absolute Gasteiger partial charge is 0.352 e. The van der Waals surface area contributed by atoms with E-state index in [0.717, 1.165) is 12.8 Å². The zero-order chi connectivity index (χ0) is 19.6. The van der Waals surface area contributed by atoms with Gasteiger partial charge in [-0.2, -0.15) is 10.2 Å². The molecule has 1 aliphatic rings. The molecular formula is C17H25N7O3. The minimum atomic E-state index is -0.332. The summed E-state index contributed by atoms with van der Waals surface area (Å²) in [6.45, 7) is 3.87. The van der Waals surface area contributed by atoms with E-state index in [1.807, 2.05) is 11.8 Å². The van der Waals surface area contributed by atoms with Crippen LogP contribution in [0.15, 0.2) is 12.4 Å². The number of piperidine rings is 1. The summed E-state index contributed by atoms with van der Waals surface area (Å²) in [6.07, 6.45) is 5.48. The lowest BCUT2D eigenvalue weighted by Crippen LogP contribution is -2.39. The first kappa shape index (κ1) is 18.9. The fourth-order valence-corrected chi connectivity index (χ4v) is 3.56.